The molecule has 1 aromatic rings. The SMILES string of the molecule is COC(=O)c1ccc(N)c(NC(C)C(=O)N(C)C)n1. The Labute approximate surface area is 111 Å². The molecule has 0 aliphatic carbocycles. The largest absolute Gasteiger partial charge is 0.464 e. The van der Waals surface area contributed by atoms with Gasteiger partial charge in [-0.25, -0.2) is 9.78 Å². The Kier molecular flexibility index (Phi) is 4.68. The van der Waals surface area contributed by atoms with Crippen molar-refractivity contribution >= 4 is 23.4 Å². The van der Waals surface area contributed by atoms with Crippen molar-refractivity contribution in [1.82, 2.24) is 9.88 Å². The van der Waals surface area contributed by atoms with Gasteiger partial charge in [0.25, 0.3) is 0 Å². The number of aromatic nitrogens is 1. The van der Waals surface area contributed by atoms with E-state index in [0.717, 1.165) is 0 Å². The minimum atomic E-state index is -0.561. The number of methoxy groups -OCH3 is 1. The molecular formula is C12H18N4O3. The fourth-order valence-corrected chi connectivity index (χ4v) is 1.46. The Bertz CT molecular complexity index is 488. The number of ether oxygens (including phenoxy) is 1. The van der Waals surface area contributed by atoms with E-state index >= 15 is 0 Å². The van der Waals surface area contributed by atoms with Gasteiger partial charge in [-0.2, -0.15) is 0 Å². The van der Waals surface area contributed by atoms with Crippen molar-refractivity contribution in [2.24, 2.45) is 0 Å². The van der Waals surface area contributed by atoms with Crippen molar-refractivity contribution in [2.45, 2.75) is 13.0 Å². The van der Waals surface area contributed by atoms with Crippen LogP contribution in [0.3, 0.4) is 0 Å². The van der Waals surface area contributed by atoms with Gasteiger partial charge in [0.05, 0.1) is 12.8 Å². The lowest BCUT2D eigenvalue weighted by molar-refractivity contribution is -0.129. The average molecular weight is 266 g/mol. The number of amides is 1. The number of rotatable bonds is 4. The summed E-state index contributed by atoms with van der Waals surface area (Å²) >= 11 is 0. The van der Waals surface area contributed by atoms with Crippen molar-refractivity contribution in [1.29, 1.82) is 0 Å². The first kappa shape index (κ1) is 14.7. The summed E-state index contributed by atoms with van der Waals surface area (Å²) in [6.07, 6.45) is 0. The van der Waals surface area contributed by atoms with Gasteiger partial charge in [0.15, 0.2) is 11.5 Å². The highest BCUT2D eigenvalue weighted by Crippen LogP contribution is 2.17. The van der Waals surface area contributed by atoms with Gasteiger partial charge in [-0.15, -0.1) is 0 Å². The molecule has 19 heavy (non-hydrogen) atoms. The van der Waals surface area contributed by atoms with E-state index in [0.29, 0.717) is 5.69 Å². The molecule has 0 fully saturated rings. The van der Waals surface area contributed by atoms with Crippen molar-refractivity contribution < 1.29 is 14.3 Å². The molecule has 0 saturated heterocycles. The van der Waals surface area contributed by atoms with E-state index in [1.54, 1.807) is 21.0 Å². The summed E-state index contributed by atoms with van der Waals surface area (Å²) in [5.41, 5.74) is 6.23. The lowest BCUT2D eigenvalue weighted by Gasteiger charge is -2.19. The summed E-state index contributed by atoms with van der Waals surface area (Å²) in [6, 6.07) is 2.50. The van der Waals surface area contributed by atoms with Crippen LogP contribution in [0.5, 0.6) is 0 Å². The second-order valence-electron chi connectivity index (χ2n) is 4.22. The minimum Gasteiger partial charge on any atom is -0.464 e. The second-order valence-corrected chi connectivity index (χ2v) is 4.22. The molecule has 0 aliphatic heterocycles. The summed E-state index contributed by atoms with van der Waals surface area (Å²) in [5.74, 6) is -0.398. The quantitative estimate of drug-likeness (QED) is 0.763. The highest BCUT2D eigenvalue weighted by atomic mass is 16.5. The number of hydrogen-bond donors (Lipinski definition) is 2. The molecule has 0 aromatic carbocycles. The molecule has 0 aliphatic rings. The van der Waals surface area contributed by atoms with Crippen LogP contribution in [-0.2, 0) is 9.53 Å². The number of hydrogen-bond acceptors (Lipinski definition) is 6. The molecule has 0 bridgehead atoms. The maximum Gasteiger partial charge on any atom is 0.356 e. The first-order chi connectivity index (χ1) is 8.86. The predicted octanol–water partition coefficient (Wildman–Crippen LogP) is 0.339. The zero-order valence-corrected chi connectivity index (χ0v) is 11.4. The number of carbonyl (C=O) groups excluding carboxylic acids is 2. The highest BCUT2D eigenvalue weighted by molar-refractivity contribution is 5.89. The summed E-state index contributed by atoms with van der Waals surface area (Å²) in [4.78, 5) is 28.6. The lowest BCUT2D eigenvalue weighted by atomic mass is 10.2. The van der Waals surface area contributed by atoms with E-state index in [1.165, 1.54) is 24.1 Å². The third-order valence-corrected chi connectivity index (χ3v) is 2.49. The molecule has 7 nitrogen and oxygen atoms in total. The van der Waals surface area contributed by atoms with E-state index in [9.17, 15) is 9.59 Å². The van der Waals surface area contributed by atoms with Crippen LogP contribution in [0.25, 0.3) is 0 Å². The number of carbonyl (C=O) groups is 2. The summed E-state index contributed by atoms with van der Waals surface area (Å²) in [7, 11) is 4.58. The Hall–Kier alpha value is -2.31. The maximum atomic E-state index is 11.7. The van der Waals surface area contributed by atoms with E-state index < -0.39 is 12.0 Å². The van der Waals surface area contributed by atoms with Gasteiger partial charge in [-0.1, -0.05) is 0 Å². The monoisotopic (exact) mass is 266 g/mol. The van der Waals surface area contributed by atoms with E-state index in [1.807, 2.05) is 0 Å². The molecule has 1 unspecified atom stereocenters. The zero-order valence-electron chi connectivity index (χ0n) is 11.4. The van der Waals surface area contributed by atoms with Crippen LogP contribution in [0, 0.1) is 0 Å². The Morgan fingerprint density at radius 3 is 2.58 bits per heavy atom. The Balaban J connectivity index is 2.94. The number of anilines is 2. The molecule has 1 rings (SSSR count). The molecule has 7 heteroatoms. The molecule has 1 heterocycles. The molecular weight excluding hydrogens is 248 g/mol. The summed E-state index contributed by atoms with van der Waals surface area (Å²) in [5, 5.41) is 2.88. The highest BCUT2D eigenvalue weighted by Gasteiger charge is 2.17. The minimum absolute atomic E-state index is 0.121. The Morgan fingerprint density at radius 1 is 1.42 bits per heavy atom. The number of nitrogen functional groups attached to an aromatic ring is 1. The van der Waals surface area contributed by atoms with Gasteiger partial charge in [-0.3, -0.25) is 4.79 Å². The normalized spacial score (nSPS) is 11.6. The molecule has 1 atom stereocenters. The average Bonchev–Trinajstić information content (AvgIpc) is 2.39. The molecule has 0 spiro atoms. The van der Waals surface area contributed by atoms with Crippen molar-refractivity contribution in [3.63, 3.8) is 0 Å². The van der Waals surface area contributed by atoms with Gasteiger partial charge in [0.2, 0.25) is 5.91 Å². The van der Waals surface area contributed by atoms with Gasteiger partial charge in [-0.05, 0) is 19.1 Å². The third kappa shape index (κ3) is 3.57. The van der Waals surface area contributed by atoms with Crippen LogP contribution in [0.15, 0.2) is 12.1 Å². The van der Waals surface area contributed by atoms with Crippen LogP contribution in [-0.4, -0.2) is 49.0 Å². The van der Waals surface area contributed by atoms with Crippen LogP contribution in [0.4, 0.5) is 11.5 Å². The number of esters is 1. The van der Waals surface area contributed by atoms with Crippen molar-refractivity contribution in [2.75, 3.05) is 32.3 Å². The van der Waals surface area contributed by atoms with Crippen molar-refractivity contribution in [3.05, 3.63) is 17.8 Å². The fourth-order valence-electron chi connectivity index (χ4n) is 1.46. The van der Waals surface area contributed by atoms with Crippen LogP contribution >= 0.6 is 0 Å². The van der Waals surface area contributed by atoms with E-state index in [-0.39, 0.29) is 17.4 Å². The molecule has 104 valence electrons. The third-order valence-electron chi connectivity index (χ3n) is 2.49. The van der Waals surface area contributed by atoms with Gasteiger partial charge < -0.3 is 20.7 Å². The number of nitrogens with one attached hydrogen (secondary N) is 1. The van der Waals surface area contributed by atoms with Crippen molar-refractivity contribution in [3.8, 4) is 0 Å². The number of nitrogens with zero attached hydrogens (tertiary/aromatic N) is 2. The van der Waals surface area contributed by atoms with Gasteiger partial charge >= 0.3 is 5.97 Å². The standard InChI is InChI=1S/C12H18N4O3/c1-7(11(17)16(2)3)14-10-8(13)5-6-9(15-10)12(18)19-4/h5-7H,13H2,1-4H3,(H,14,15). The fraction of sp³-hybridized carbons (Fsp3) is 0.417. The number of nitrogens with two attached hydrogens (primary N) is 1. The predicted molar refractivity (Wildman–Crippen MR) is 71.8 cm³/mol. The van der Waals surface area contributed by atoms with Gasteiger partial charge in [0.1, 0.15) is 6.04 Å². The van der Waals surface area contributed by atoms with Gasteiger partial charge in [0, 0.05) is 14.1 Å². The van der Waals surface area contributed by atoms with E-state index in [4.69, 9.17) is 5.73 Å². The second kappa shape index (κ2) is 6.03. The molecule has 0 saturated carbocycles. The molecule has 1 amide bonds. The zero-order chi connectivity index (χ0) is 14.6. The lowest BCUT2D eigenvalue weighted by Crippen LogP contribution is -2.37. The summed E-state index contributed by atoms with van der Waals surface area (Å²) in [6.45, 7) is 1.69. The maximum absolute atomic E-state index is 11.7. The number of likely N-dealkylation sites (N-methyl/N-ethyl adjacent to an activating group) is 1. The number of pyridine rings is 1. The van der Waals surface area contributed by atoms with Crippen LogP contribution in [0.1, 0.15) is 17.4 Å². The summed E-state index contributed by atoms with van der Waals surface area (Å²) < 4.78 is 4.58. The van der Waals surface area contributed by atoms with Crippen LogP contribution < -0.4 is 11.1 Å². The Morgan fingerprint density at radius 2 is 2.05 bits per heavy atom. The molecule has 0 radical (unpaired) electrons. The molecule has 3 N–H and O–H groups in total. The first-order valence-corrected chi connectivity index (χ1v) is 5.69. The first-order valence-electron chi connectivity index (χ1n) is 5.69. The topological polar surface area (TPSA) is 97.5 Å². The van der Waals surface area contributed by atoms with Crippen LogP contribution in [0.2, 0.25) is 0 Å². The molecule has 1 aromatic heterocycles. The van der Waals surface area contributed by atoms with E-state index in [2.05, 4.69) is 15.0 Å². The smallest absolute Gasteiger partial charge is 0.356 e.